The lowest BCUT2D eigenvalue weighted by molar-refractivity contribution is -0.122. The van der Waals surface area contributed by atoms with Gasteiger partial charge >= 0.3 is 0 Å². The third-order valence-corrected chi connectivity index (χ3v) is 7.72. The Hall–Kier alpha value is -3.52. The van der Waals surface area contributed by atoms with Crippen LogP contribution in [0.15, 0.2) is 73.3 Å². The number of aromatic nitrogens is 3. The van der Waals surface area contributed by atoms with E-state index < -0.39 is 0 Å². The quantitative estimate of drug-likeness (QED) is 0.403. The number of aryl methyl sites for hydroxylation is 3. The number of carbonyl (C=O) groups is 1. The van der Waals surface area contributed by atoms with Gasteiger partial charge in [-0.25, -0.2) is 4.98 Å². The number of hydrogen-bond donors (Lipinski definition) is 2. The minimum Gasteiger partial charge on any atom is -0.333 e. The van der Waals surface area contributed by atoms with Crippen LogP contribution in [0.5, 0.6) is 0 Å². The lowest BCUT2D eigenvalue weighted by Crippen LogP contribution is -2.57. The fourth-order valence-electron chi connectivity index (χ4n) is 5.73. The second-order valence-electron chi connectivity index (χ2n) is 10.1. The Morgan fingerprint density at radius 2 is 2.00 bits per heavy atom. The summed E-state index contributed by atoms with van der Waals surface area (Å²) in [5, 5.41) is 7.37. The van der Waals surface area contributed by atoms with Crippen LogP contribution in [0.2, 0.25) is 5.02 Å². The smallest absolute Gasteiger partial charge is 0.243 e. The third kappa shape index (κ3) is 5.10. The number of fused-ring (bicyclic) bond motifs is 2. The van der Waals surface area contributed by atoms with Gasteiger partial charge in [0.05, 0.1) is 23.8 Å². The molecule has 1 saturated heterocycles. The van der Waals surface area contributed by atoms with Gasteiger partial charge < -0.3 is 15.2 Å². The molecule has 0 saturated carbocycles. The van der Waals surface area contributed by atoms with Gasteiger partial charge in [0, 0.05) is 49.3 Å². The number of anilines is 1. The Morgan fingerprint density at radius 3 is 2.87 bits per heavy atom. The monoisotopic (exact) mass is 526 g/mol. The lowest BCUT2D eigenvalue weighted by atomic mass is 9.94. The average molecular weight is 527 g/mol. The number of amides is 1. The molecule has 0 bridgehead atoms. The summed E-state index contributed by atoms with van der Waals surface area (Å²) in [5.74, 6) is -0.0231. The second-order valence-corrected chi connectivity index (χ2v) is 10.6. The number of rotatable bonds is 5. The highest BCUT2D eigenvalue weighted by Crippen LogP contribution is 2.38. The average Bonchev–Trinajstić information content (AvgIpc) is 3.26. The molecule has 8 heteroatoms. The van der Waals surface area contributed by atoms with Crippen LogP contribution in [0.25, 0.3) is 0 Å². The molecule has 2 N–H and O–H groups in total. The van der Waals surface area contributed by atoms with E-state index in [1.165, 1.54) is 16.7 Å². The van der Waals surface area contributed by atoms with E-state index in [0.717, 1.165) is 53.6 Å². The molecule has 1 unspecified atom stereocenters. The Balaban J connectivity index is 1.30. The summed E-state index contributed by atoms with van der Waals surface area (Å²) < 4.78 is 2.04. The summed E-state index contributed by atoms with van der Waals surface area (Å²) in [4.78, 5) is 25.3. The molecule has 194 valence electrons. The zero-order valence-corrected chi connectivity index (χ0v) is 22.2. The van der Waals surface area contributed by atoms with Crippen molar-refractivity contribution in [1.82, 2.24) is 24.8 Å². The molecule has 38 heavy (non-hydrogen) atoms. The summed E-state index contributed by atoms with van der Waals surface area (Å²) in [6, 6.07) is 17.9. The first kappa shape index (κ1) is 24.8. The first-order chi connectivity index (χ1) is 18.5. The van der Waals surface area contributed by atoms with Crippen molar-refractivity contribution in [2.45, 2.75) is 38.4 Å². The predicted octanol–water partition coefficient (Wildman–Crippen LogP) is 4.39. The molecule has 4 aromatic rings. The maximum atomic E-state index is 13.8. The molecule has 0 spiro atoms. The van der Waals surface area contributed by atoms with E-state index >= 15 is 0 Å². The summed E-state index contributed by atoms with van der Waals surface area (Å²) in [6.45, 7) is 4.80. The number of halogens is 1. The molecule has 2 aromatic carbocycles. The molecule has 1 aliphatic heterocycles. The van der Waals surface area contributed by atoms with E-state index in [-0.39, 0.29) is 18.0 Å². The molecule has 7 nitrogen and oxygen atoms in total. The predicted molar refractivity (Wildman–Crippen MR) is 149 cm³/mol. The zero-order chi connectivity index (χ0) is 26.1. The Morgan fingerprint density at radius 1 is 1.11 bits per heavy atom. The largest absolute Gasteiger partial charge is 0.333 e. The van der Waals surface area contributed by atoms with Gasteiger partial charge in [0.15, 0.2) is 0 Å². The van der Waals surface area contributed by atoms with Gasteiger partial charge in [-0.2, -0.15) is 0 Å². The van der Waals surface area contributed by atoms with Crippen LogP contribution in [0.4, 0.5) is 5.69 Å². The van der Waals surface area contributed by atoms with Crippen LogP contribution in [-0.2, 0) is 24.2 Å². The third-order valence-electron chi connectivity index (χ3n) is 7.49. The van der Waals surface area contributed by atoms with Gasteiger partial charge in [-0.15, -0.1) is 0 Å². The van der Waals surface area contributed by atoms with Gasteiger partial charge in [-0.1, -0.05) is 35.9 Å². The van der Waals surface area contributed by atoms with E-state index in [4.69, 9.17) is 16.6 Å². The molecule has 2 aromatic heterocycles. The molecule has 1 aliphatic carbocycles. The summed E-state index contributed by atoms with van der Waals surface area (Å²) in [7, 11) is 0. The molecule has 3 heterocycles. The van der Waals surface area contributed by atoms with Crippen LogP contribution in [-0.4, -0.2) is 51.0 Å². The van der Waals surface area contributed by atoms with Crippen molar-refractivity contribution in [1.29, 1.82) is 0 Å². The first-order valence-corrected chi connectivity index (χ1v) is 13.5. The van der Waals surface area contributed by atoms with Crippen molar-refractivity contribution in [2.24, 2.45) is 0 Å². The number of piperazine rings is 1. The van der Waals surface area contributed by atoms with Crippen LogP contribution >= 0.6 is 11.6 Å². The Labute approximate surface area is 227 Å². The summed E-state index contributed by atoms with van der Waals surface area (Å²) >= 11 is 6.40. The van der Waals surface area contributed by atoms with Gasteiger partial charge in [0.25, 0.3) is 0 Å². The molecular formula is C30H31ClN6O. The van der Waals surface area contributed by atoms with Crippen LogP contribution in [0.3, 0.4) is 0 Å². The van der Waals surface area contributed by atoms with E-state index in [1.54, 1.807) is 0 Å². The molecule has 6 rings (SSSR count). The Kier molecular flexibility index (Phi) is 6.98. The van der Waals surface area contributed by atoms with Crippen LogP contribution in [0.1, 0.15) is 39.7 Å². The van der Waals surface area contributed by atoms with Crippen molar-refractivity contribution in [3.8, 4) is 0 Å². The van der Waals surface area contributed by atoms with Gasteiger partial charge in [-0.05, 0) is 72.4 Å². The molecule has 2 aliphatic rings. The normalized spacial score (nSPS) is 19.3. The van der Waals surface area contributed by atoms with Crippen molar-refractivity contribution < 1.29 is 4.79 Å². The maximum absolute atomic E-state index is 13.8. The standard InChI is InChI=1S/C30H31ClN6O/c1-20-17-36(19-34-20)18-21-4-2-6-25(14-21)35-30(38)27-16-32-12-13-37(27)29-26-10-9-24(31)15-23(26)8-7-22-5-3-11-33-28(22)29/h2-6,9-11,14-15,17,19,27,29,32H,7-8,12-13,16,18H2,1H3,(H,35,38)/t27-,29?/m1/s1. The van der Waals surface area contributed by atoms with Gasteiger partial charge in [0.2, 0.25) is 5.91 Å². The van der Waals surface area contributed by atoms with Crippen molar-refractivity contribution >= 4 is 23.2 Å². The summed E-state index contributed by atoms with van der Waals surface area (Å²) in [5.41, 5.74) is 7.55. The highest BCUT2D eigenvalue weighted by molar-refractivity contribution is 6.30. The molecule has 0 radical (unpaired) electrons. The highest BCUT2D eigenvalue weighted by Gasteiger charge is 2.38. The van der Waals surface area contributed by atoms with Crippen molar-refractivity contribution in [3.05, 3.63) is 112 Å². The minimum atomic E-state index is -0.356. The molecular weight excluding hydrogens is 496 g/mol. The fraction of sp³-hybridized carbons (Fsp3) is 0.300. The number of nitrogens with zero attached hydrogens (tertiary/aromatic N) is 4. The van der Waals surface area contributed by atoms with Crippen LogP contribution in [0, 0.1) is 6.92 Å². The van der Waals surface area contributed by atoms with Crippen LogP contribution < -0.4 is 10.6 Å². The maximum Gasteiger partial charge on any atom is 0.243 e. The highest BCUT2D eigenvalue weighted by atomic mass is 35.5. The molecule has 1 fully saturated rings. The molecule has 2 atom stereocenters. The van der Waals surface area contributed by atoms with Gasteiger partial charge in [0.1, 0.15) is 6.04 Å². The van der Waals surface area contributed by atoms with Gasteiger partial charge in [-0.3, -0.25) is 14.7 Å². The number of hydrogen-bond acceptors (Lipinski definition) is 5. The number of pyridine rings is 1. The van der Waals surface area contributed by atoms with E-state index in [2.05, 4.69) is 44.8 Å². The number of nitrogens with one attached hydrogen (secondary N) is 2. The van der Waals surface area contributed by atoms with E-state index in [0.29, 0.717) is 13.1 Å². The van der Waals surface area contributed by atoms with E-state index in [1.807, 2.05) is 60.5 Å². The van der Waals surface area contributed by atoms with Crippen molar-refractivity contribution in [2.75, 3.05) is 25.0 Å². The van der Waals surface area contributed by atoms with Crippen molar-refractivity contribution in [3.63, 3.8) is 0 Å². The number of imidazole rings is 1. The molecule has 1 amide bonds. The minimum absolute atomic E-state index is 0.0231. The second kappa shape index (κ2) is 10.7. The summed E-state index contributed by atoms with van der Waals surface area (Å²) in [6.07, 6.45) is 7.50. The number of benzene rings is 2. The first-order valence-electron chi connectivity index (χ1n) is 13.1. The fourth-order valence-corrected chi connectivity index (χ4v) is 5.93. The number of carbonyl (C=O) groups excluding carboxylic acids is 1. The zero-order valence-electron chi connectivity index (χ0n) is 21.4. The SMILES string of the molecule is Cc1cn(Cc2cccc(NC(=O)[C@H]3CNCCN3C3c4ccc(Cl)cc4CCc4cccnc43)c2)cn1. The lowest BCUT2D eigenvalue weighted by Gasteiger charge is -2.41. The van der Waals surface area contributed by atoms with E-state index in [9.17, 15) is 4.79 Å². The topological polar surface area (TPSA) is 75.1 Å². The Bertz CT molecular complexity index is 1470.